The molecular formula is C50H33NS. The number of benzene rings is 9. The van der Waals surface area contributed by atoms with Crippen LogP contribution >= 0.6 is 11.3 Å². The highest BCUT2D eigenvalue weighted by atomic mass is 32.1. The van der Waals surface area contributed by atoms with Crippen LogP contribution < -0.4 is 4.90 Å². The first kappa shape index (κ1) is 30.4. The van der Waals surface area contributed by atoms with Gasteiger partial charge in [0.05, 0.1) is 5.69 Å². The van der Waals surface area contributed by atoms with E-state index in [-0.39, 0.29) is 0 Å². The molecule has 0 fully saturated rings. The highest BCUT2D eigenvalue weighted by molar-refractivity contribution is 7.26. The first-order valence-electron chi connectivity index (χ1n) is 17.8. The first-order chi connectivity index (χ1) is 25.8. The number of rotatable bonds is 6. The molecule has 10 aromatic rings. The number of thiophene rings is 1. The molecule has 0 unspecified atom stereocenters. The molecule has 0 aliphatic carbocycles. The second kappa shape index (κ2) is 12.7. The van der Waals surface area contributed by atoms with Gasteiger partial charge in [0.1, 0.15) is 0 Å². The molecule has 10 rings (SSSR count). The summed E-state index contributed by atoms with van der Waals surface area (Å²) in [6, 6.07) is 72.9. The number of hydrogen-bond donors (Lipinski definition) is 0. The van der Waals surface area contributed by atoms with Crippen LogP contribution in [0.1, 0.15) is 0 Å². The summed E-state index contributed by atoms with van der Waals surface area (Å²) in [5.74, 6) is 0. The summed E-state index contributed by atoms with van der Waals surface area (Å²) < 4.78 is 2.63. The fraction of sp³-hybridized carbons (Fsp3) is 0. The topological polar surface area (TPSA) is 3.24 Å². The molecule has 0 bridgehead atoms. The minimum absolute atomic E-state index is 1.12. The molecule has 0 aliphatic heterocycles. The Morgan fingerprint density at radius 1 is 0.346 bits per heavy atom. The van der Waals surface area contributed by atoms with Gasteiger partial charge in [-0.3, -0.25) is 0 Å². The van der Waals surface area contributed by atoms with E-state index in [4.69, 9.17) is 0 Å². The summed E-state index contributed by atoms with van der Waals surface area (Å²) in [5, 5.41) is 7.56. The van der Waals surface area contributed by atoms with Gasteiger partial charge in [0, 0.05) is 42.3 Å². The summed E-state index contributed by atoms with van der Waals surface area (Å²) >= 11 is 1.89. The lowest BCUT2D eigenvalue weighted by Crippen LogP contribution is -2.10. The molecule has 2 heteroatoms. The summed E-state index contributed by atoms with van der Waals surface area (Å²) in [4.78, 5) is 2.45. The predicted molar refractivity (Wildman–Crippen MR) is 225 cm³/mol. The van der Waals surface area contributed by atoms with E-state index in [0.717, 1.165) is 11.4 Å². The Morgan fingerprint density at radius 3 is 1.62 bits per heavy atom. The average molecular weight is 680 g/mol. The Kier molecular flexibility index (Phi) is 7.41. The third-order valence-corrected chi connectivity index (χ3v) is 11.5. The van der Waals surface area contributed by atoms with E-state index in [0.29, 0.717) is 0 Å². The minimum Gasteiger partial charge on any atom is -0.310 e. The smallest absolute Gasteiger partial charge is 0.0547 e. The van der Waals surface area contributed by atoms with E-state index in [9.17, 15) is 0 Å². The van der Waals surface area contributed by atoms with Crippen molar-refractivity contribution in [3.63, 3.8) is 0 Å². The standard InChI is InChI=1S/C50H33NS/c1-3-12-34(13-4-1)36-22-24-37(25-23-36)38-26-29-41(30-27-38)51(42-31-28-35-14-7-8-17-40(35)32-42)47-33-46-49-43(39-15-5-2-6-16-39)20-11-21-48(49)52-50(46)45-19-10-9-18-44(45)47/h1-33H. The number of hydrogen-bond acceptors (Lipinski definition) is 2. The first-order valence-corrected chi connectivity index (χ1v) is 18.6. The van der Waals surface area contributed by atoms with Crippen LogP contribution in [-0.2, 0) is 0 Å². The molecule has 0 spiro atoms. The Bertz CT molecular complexity index is 2870. The molecule has 1 heterocycles. The largest absolute Gasteiger partial charge is 0.310 e. The van der Waals surface area contributed by atoms with E-state index in [2.05, 4.69) is 205 Å². The Balaban J connectivity index is 1.17. The van der Waals surface area contributed by atoms with Crippen LogP contribution in [0.5, 0.6) is 0 Å². The Labute approximate surface area is 307 Å². The van der Waals surface area contributed by atoms with E-state index < -0.39 is 0 Å². The molecule has 0 atom stereocenters. The van der Waals surface area contributed by atoms with Crippen molar-refractivity contribution in [2.75, 3.05) is 4.90 Å². The lowest BCUT2D eigenvalue weighted by Gasteiger charge is -2.28. The minimum atomic E-state index is 1.12. The zero-order valence-corrected chi connectivity index (χ0v) is 29.2. The van der Waals surface area contributed by atoms with Gasteiger partial charge in [0.15, 0.2) is 0 Å². The lowest BCUT2D eigenvalue weighted by molar-refractivity contribution is 1.31. The normalized spacial score (nSPS) is 11.5. The van der Waals surface area contributed by atoms with Crippen molar-refractivity contribution >= 4 is 70.1 Å². The maximum atomic E-state index is 2.45. The van der Waals surface area contributed by atoms with Crippen LogP contribution in [0.2, 0.25) is 0 Å². The van der Waals surface area contributed by atoms with Crippen LogP contribution in [0.3, 0.4) is 0 Å². The Hall–Kier alpha value is -6.48. The molecule has 0 saturated carbocycles. The number of fused-ring (bicyclic) bond motifs is 6. The molecular weight excluding hydrogens is 647 g/mol. The van der Waals surface area contributed by atoms with Crippen molar-refractivity contribution in [1.29, 1.82) is 0 Å². The zero-order chi connectivity index (χ0) is 34.4. The highest BCUT2D eigenvalue weighted by Gasteiger charge is 2.21. The molecule has 9 aromatic carbocycles. The quantitative estimate of drug-likeness (QED) is 0.169. The van der Waals surface area contributed by atoms with E-state index >= 15 is 0 Å². The van der Waals surface area contributed by atoms with Gasteiger partial charge in [-0.25, -0.2) is 0 Å². The summed E-state index contributed by atoms with van der Waals surface area (Å²) in [5.41, 5.74) is 10.8. The predicted octanol–water partition coefficient (Wildman–Crippen LogP) is 14.8. The number of nitrogens with zero attached hydrogens (tertiary/aromatic N) is 1. The van der Waals surface area contributed by atoms with Crippen molar-refractivity contribution in [3.05, 3.63) is 200 Å². The zero-order valence-electron chi connectivity index (χ0n) is 28.4. The van der Waals surface area contributed by atoms with Gasteiger partial charge < -0.3 is 4.90 Å². The van der Waals surface area contributed by atoms with Crippen molar-refractivity contribution < 1.29 is 0 Å². The van der Waals surface area contributed by atoms with Crippen LogP contribution in [-0.4, -0.2) is 0 Å². The second-order valence-electron chi connectivity index (χ2n) is 13.3. The van der Waals surface area contributed by atoms with Gasteiger partial charge in [0.2, 0.25) is 0 Å². The van der Waals surface area contributed by atoms with E-state index in [1.165, 1.54) is 80.8 Å². The molecule has 52 heavy (non-hydrogen) atoms. The van der Waals surface area contributed by atoms with Gasteiger partial charge in [-0.2, -0.15) is 0 Å². The van der Waals surface area contributed by atoms with Crippen molar-refractivity contribution in [2.24, 2.45) is 0 Å². The van der Waals surface area contributed by atoms with Crippen LogP contribution in [0, 0.1) is 0 Å². The monoisotopic (exact) mass is 679 g/mol. The van der Waals surface area contributed by atoms with Crippen LogP contribution in [0.4, 0.5) is 17.1 Å². The summed E-state index contributed by atoms with van der Waals surface area (Å²) in [7, 11) is 0. The van der Waals surface area contributed by atoms with Gasteiger partial charge in [-0.05, 0) is 80.6 Å². The molecule has 0 radical (unpaired) electrons. The second-order valence-corrected chi connectivity index (χ2v) is 14.4. The third kappa shape index (κ3) is 5.24. The van der Waals surface area contributed by atoms with Gasteiger partial charge in [-0.1, -0.05) is 164 Å². The van der Waals surface area contributed by atoms with Crippen molar-refractivity contribution in [3.8, 4) is 33.4 Å². The maximum absolute atomic E-state index is 2.45. The van der Waals surface area contributed by atoms with Crippen molar-refractivity contribution in [1.82, 2.24) is 0 Å². The molecule has 0 N–H and O–H groups in total. The fourth-order valence-electron chi connectivity index (χ4n) is 7.70. The van der Waals surface area contributed by atoms with Gasteiger partial charge >= 0.3 is 0 Å². The van der Waals surface area contributed by atoms with Gasteiger partial charge in [0.25, 0.3) is 0 Å². The maximum Gasteiger partial charge on any atom is 0.0547 e. The van der Waals surface area contributed by atoms with Crippen molar-refractivity contribution in [2.45, 2.75) is 0 Å². The molecule has 0 aliphatic rings. The van der Waals surface area contributed by atoms with E-state index in [1.54, 1.807) is 0 Å². The molecule has 1 nitrogen and oxygen atoms in total. The summed E-state index contributed by atoms with van der Waals surface area (Å²) in [6.45, 7) is 0. The molecule has 244 valence electrons. The Morgan fingerprint density at radius 2 is 0.904 bits per heavy atom. The fourth-order valence-corrected chi connectivity index (χ4v) is 8.95. The van der Waals surface area contributed by atoms with E-state index in [1.807, 2.05) is 11.3 Å². The number of anilines is 3. The molecule has 1 aromatic heterocycles. The third-order valence-electron chi connectivity index (χ3n) is 10.2. The lowest BCUT2D eigenvalue weighted by atomic mass is 9.97. The molecule has 0 amide bonds. The van der Waals surface area contributed by atoms with Gasteiger partial charge in [-0.15, -0.1) is 11.3 Å². The average Bonchev–Trinajstić information content (AvgIpc) is 3.61. The SMILES string of the molecule is c1ccc(-c2ccc(-c3ccc(N(c4ccc5ccccc5c4)c4cc5c(sc6cccc(-c7ccccc7)c65)c5ccccc45)cc3)cc2)cc1. The summed E-state index contributed by atoms with van der Waals surface area (Å²) in [6.07, 6.45) is 0. The van der Waals surface area contributed by atoms with Crippen LogP contribution in [0.15, 0.2) is 200 Å². The van der Waals surface area contributed by atoms with Crippen LogP contribution in [0.25, 0.3) is 75.1 Å². The molecule has 0 saturated heterocycles. The highest BCUT2D eigenvalue weighted by Crippen LogP contribution is 2.48.